The molecule has 1 atom stereocenters. The predicted molar refractivity (Wildman–Crippen MR) is 54.6 cm³/mol. The molecule has 3 heteroatoms. The van der Waals surface area contributed by atoms with E-state index in [4.69, 9.17) is 17.4 Å². The Hall–Kier alpha value is -0.570. The molecule has 1 fully saturated rings. The molecule has 0 amide bonds. The van der Waals surface area contributed by atoms with Crippen molar-refractivity contribution in [3.05, 3.63) is 34.9 Å². The number of nitrogens with two attached hydrogens (primary N) is 1. The smallest absolute Gasteiger partial charge is 0.0441 e. The minimum atomic E-state index is 0.513. The van der Waals surface area contributed by atoms with Gasteiger partial charge in [-0.2, -0.15) is 0 Å². The Kier molecular flexibility index (Phi) is 2.54. The standard InChI is InChI=1S/C10H13ClN2/c11-10-4-2-1-3-9(10)8-5-6-13(12)7-8/h1-4,8H,5-7,12H2. The normalized spacial score (nSPS) is 23.7. The Morgan fingerprint density at radius 2 is 2.15 bits per heavy atom. The van der Waals surface area contributed by atoms with Crippen LogP contribution in [0.5, 0.6) is 0 Å². The van der Waals surface area contributed by atoms with Crippen LogP contribution in [0.4, 0.5) is 0 Å². The second-order valence-corrected chi connectivity index (χ2v) is 3.91. The molecule has 1 aliphatic rings. The molecule has 1 aromatic rings. The van der Waals surface area contributed by atoms with E-state index < -0.39 is 0 Å². The van der Waals surface area contributed by atoms with Gasteiger partial charge in [0.15, 0.2) is 0 Å². The summed E-state index contributed by atoms with van der Waals surface area (Å²) in [6.07, 6.45) is 1.11. The van der Waals surface area contributed by atoms with Crippen molar-refractivity contribution in [2.75, 3.05) is 13.1 Å². The first-order valence-electron chi connectivity index (χ1n) is 4.51. The van der Waals surface area contributed by atoms with Crippen LogP contribution >= 0.6 is 11.6 Å². The van der Waals surface area contributed by atoms with Gasteiger partial charge in [-0.05, 0) is 18.1 Å². The van der Waals surface area contributed by atoms with E-state index in [0.717, 1.165) is 24.5 Å². The molecular weight excluding hydrogens is 184 g/mol. The van der Waals surface area contributed by atoms with Crippen molar-refractivity contribution >= 4 is 11.6 Å². The maximum absolute atomic E-state index is 6.09. The highest BCUT2D eigenvalue weighted by molar-refractivity contribution is 6.31. The van der Waals surface area contributed by atoms with Crippen LogP contribution in [-0.4, -0.2) is 18.1 Å². The summed E-state index contributed by atoms with van der Waals surface area (Å²) in [4.78, 5) is 0. The van der Waals surface area contributed by atoms with Gasteiger partial charge in [0.05, 0.1) is 0 Å². The topological polar surface area (TPSA) is 29.3 Å². The van der Waals surface area contributed by atoms with Gasteiger partial charge in [0, 0.05) is 24.0 Å². The maximum atomic E-state index is 6.09. The Labute approximate surface area is 83.3 Å². The van der Waals surface area contributed by atoms with E-state index in [9.17, 15) is 0 Å². The SMILES string of the molecule is NN1CCC(c2ccccc2Cl)C1. The van der Waals surface area contributed by atoms with Crippen LogP contribution in [0.3, 0.4) is 0 Å². The van der Waals surface area contributed by atoms with Gasteiger partial charge in [0.1, 0.15) is 0 Å². The molecule has 0 bridgehead atoms. The molecule has 1 heterocycles. The van der Waals surface area contributed by atoms with Crippen LogP contribution in [-0.2, 0) is 0 Å². The van der Waals surface area contributed by atoms with Crippen LogP contribution < -0.4 is 5.84 Å². The number of nitrogens with zero attached hydrogens (tertiary/aromatic N) is 1. The zero-order chi connectivity index (χ0) is 9.26. The quantitative estimate of drug-likeness (QED) is 0.697. The average Bonchev–Trinajstić information content (AvgIpc) is 2.53. The summed E-state index contributed by atoms with van der Waals surface area (Å²) in [6.45, 7) is 1.89. The molecule has 1 aliphatic heterocycles. The lowest BCUT2D eigenvalue weighted by Gasteiger charge is -2.11. The molecule has 2 nitrogen and oxygen atoms in total. The molecule has 0 aliphatic carbocycles. The summed E-state index contributed by atoms with van der Waals surface area (Å²) in [5, 5.41) is 2.72. The van der Waals surface area contributed by atoms with Gasteiger partial charge in [-0.3, -0.25) is 5.84 Å². The van der Waals surface area contributed by atoms with Gasteiger partial charge in [-0.25, -0.2) is 5.01 Å². The van der Waals surface area contributed by atoms with E-state index in [1.807, 2.05) is 23.2 Å². The lowest BCUT2D eigenvalue weighted by Crippen LogP contribution is -2.27. The fraction of sp³-hybridized carbons (Fsp3) is 0.400. The largest absolute Gasteiger partial charge is 0.269 e. The fourth-order valence-electron chi connectivity index (χ4n) is 1.85. The summed E-state index contributed by atoms with van der Waals surface area (Å²) in [6, 6.07) is 8.02. The summed E-state index contributed by atoms with van der Waals surface area (Å²) < 4.78 is 0. The second-order valence-electron chi connectivity index (χ2n) is 3.50. The van der Waals surface area contributed by atoms with Crippen molar-refractivity contribution in [3.63, 3.8) is 0 Å². The van der Waals surface area contributed by atoms with Gasteiger partial charge in [0.2, 0.25) is 0 Å². The van der Waals surface area contributed by atoms with Crippen molar-refractivity contribution < 1.29 is 0 Å². The Balaban J connectivity index is 2.21. The Morgan fingerprint density at radius 3 is 2.77 bits per heavy atom. The van der Waals surface area contributed by atoms with Crippen molar-refractivity contribution in [2.45, 2.75) is 12.3 Å². The molecule has 0 spiro atoms. The zero-order valence-electron chi connectivity index (χ0n) is 7.41. The van der Waals surface area contributed by atoms with Crippen LogP contribution in [0.15, 0.2) is 24.3 Å². The average molecular weight is 197 g/mol. The monoisotopic (exact) mass is 196 g/mol. The summed E-state index contributed by atoms with van der Waals surface area (Å²) in [5.41, 5.74) is 1.23. The van der Waals surface area contributed by atoms with Crippen LogP contribution in [0.25, 0.3) is 0 Å². The molecular formula is C10H13ClN2. The number of hydrazine groups is 1. The van der Waals surface area contributed by atoms with E-state index in [-0.39, 0.29) is 0 Å². The number of hydrogen-bond donors (Lipinski definition) is 1. The first-order chi connectivity index (χ1) is 6.27. The van der Waals surface area contributed by atoms with E-state index in [0.29, 0.717) is 5.92 Å². The minimum absolute atomic E-state index is 0.513. The lowest BCUT2D eigenvalue weighted by atomic mass is 9.99. The molecule has 0 radical (unpaired) electrons. The fourth-order valence-corrected chi connectivity index (χ4v) is 2.14. The van der Waals surface area contributed by atoms with E-state index in [2.05, 4.69) is 6.07 Å². The van der Waals surface area contributed by atoms with Gasteiger partial charge in [-0.15, -0.1) is 0 Å². The van der Waals surface area contributed by atoms with Gasteiger partial charge < -0.3 is 0 Å². The van der Waals surface area contributed by atoms with Gasteiger partial charge in [0.25, 0.3) is 0 Å². The highest BCUT2D eigenvalue weighted by Gasteiger charge is 2.22. The zero-order valence-corrected chi connectivity index (χ0v) is 8.17. The molecule has 1 saturated heterocycles. The van der Waals surface area contributed by atoms with E-state index >= 15 is 0 Å². The number of hydrogen-bond acceptors (Lipinski definition) is 2. The highest BCUT2D eigenvalue weighted by atomic mass is 35.5. The summed E-state index contributed by atoms with van der Waals surface area (Å²) in [5.74, 6) is 6.22. The Morgan fingerprint density at radius 1 is 1.38 bits per heavy atom. The molecule has 70 valence electrons. The number of rotatable bonds is 1. The first-order valence-corrected chi connectivity index (χ1v) is 4.89. The third kappa shape index (κ3) is 1.85. The van der Waals surface area contributed by atoms with Crippen molar-refractivity contribution in [1.29, 1.82) is 0 Å². The number of benzene rings is 1. The lowest BCUT2D eigenvalue weighted by molar-refractivity contribution is 0.350. The highest BCUT2D eigenvalue weighted by Crippen LogP contribution is 2.30. The Bertz CT molecular complexity index is 301. The minimum Gasteiger partial charge on any atom is -0.269 e. The summed E-state index contributed by atoms with van der Waals surface area (Å²) in [7, 11) is 0. The van der Waals surface area contributed by atoms with Crippen molar-refractivity contribution in [2.24, 2.45) is 5.84 Å². The van der Waals surface area contributed by atoms with E-state index in [1.54, 1.807) is 0 Å². The maximum Gasteiger partial charge on any atom is 0.0441 e. The first kappa shape index (κ1) is 9.00. The molecule has 1 aromatic carbocycles. The van der Waals surface area contributed by atoms with Crippen molar-refractivity contribution in [3.8, 4) is 0 Å². The van der Waals surface area contributed by atoms with Gasteiger partial charge in [-0.1, -0.05) is 29.8 Å². The molecule has 0 aromatic heterocycles. The summed E-state index contributed by atoms with van der Waals surface area (Å²) >= 11 is 6.09. The van der Waals surface area contributed by atoms with Crippen LogP contribution in [0.1, 0.15) is 17.9 Å². The predicted octanol–water partition coefficient (Wildman–Crippen LogP) is 2.00. The van der Waals surface area contributed by atoms with Crippen LogP contribution in [0, 0.1) is 0 Å². The molecule has 0 saturated carbocycles. The molecule has 13 heavy (non-hydrogen) atoms. The molecule has 1 unspecified atom stereocenters. The number of halogens is 1. The molecule has 2 rings (SSSR count). The molecule has 2 N–H and O–H groups in total. The third-order valence-corrected chi connectivity index (χ3v) is 2.91. The third-order valence-electron chi connectivity index (χ3n) is 2.56. The van der Waals surface area contributed by atoms with Crippen LogP contribution in [0.2, 0.25) is 5.02 Å². The van der Waals surface area contributed by atoms with E-state index in [1.165, 1.54) is 5.56 Å². The second kappa shape index (κ2) is 3.66. The van der Waals surface area contributed by atoms with Crippen molar-refractivity contribution in [1.82, 2.24) is 5.01 Å². The van der Waals surface area contributed by atoms with Gasteiger partial charge >= 0.3 is 0 Å².